The summed E-state index contributed by atoms with van der Waals surface area (Å²) >= 11 is 1.44. The van der Waals surface area contributed by atoms with Crippen molar-refractivity contribution in [3.63, 3.8) is 0 Å². The lowest BCUT2D eigenvalue weighted by Crippen LogP contribution is -2.35. The van der Waals surface area contributed by atoms with Crippen LogP contribution in [0.25, 0.3) is 4.96 Å². The van der Waals surface area contributed by atoms with Crippen LogP contribution in [0.1, 0.15) is 35.8 Å². The fourth-order valence-corrected chi connectivity index (χ4v) is 4.41. The molecular formula is C20H23N5O2S. The van der Waals surface area contributed by atoms with Gasteiger partial charge < -0.3 is 9.80 Å². The zero-order chi connectivity index (χ0) is 19.5. The molecule has 0 unspecified atom stereocenters. The molecule has 1 saturated heterocycles. The molecule has 0 radical (unpaired) electrons. The van der Waals surface area contributed by atoms with Gasteiger partial charge in [-0.15, -0.1) is 5.10 Å². The molecule has 7 nitrogen and oxygen atoms in total. The Morgan fingerprint density at radius 1 is 1.14 bits per heavy atom. The fraction of sp³-hybridized carbons (Fsp3) is 0.400. The first-order chi connectivity index (χ1) is 13.7. The summed E-state index contributed by atoms with van der Waals surface area (Å²) in [6, 6.07) is 11.0. The molecule has 0 saturated carbocycles. The molecule has 1 aliphatic heterocycles. The molecule has 3 heterocycles. The van der Waals surface area contributed by atoms with E-state index in [9.17, 15) is 9.59 Å². The maximum Gasteiger partial charge on any atom is 0.275 e. The molecule has 1 aromatic carbocycles. The van der Waals surface area contributed by atoms with Gasteiger partial charge in [0.25, 0.3) is 11.5 Å². The number of fused-ring (bicyclic) bond motifs is 1. The summed E-state index contributed by atoms with van der Waals surface area (Å²) in [7, 11) is 0. The number of carbonyl (C=O) groups is 1. The second-order valence-electron chi connectivity index (χ2n) is 6.91. The van der Waals surface area contributed by atoms with Crippen LogP contribution in [0, 0.1) is 0 Å². The molecule has 4 rings (SSSR count). The van der Waals surface area contributed by atoms with Crippen LogP contribution < -0.4 is 10.5 Å². The van der Waals surface area contributed by atoms with Crippen LogP contribution in [0.5, 0.6) is 0 Å². The van der Waals surface area contributed by atoms with Crippen molar-refractivity contribution < 1.29 is 4.79 Å². The van der Waals surface area contributed by atoms with Crippen LogP contribution in [0.2, 0.25) is 0 Å². The second-order valence-corrected chi connectivity index (χ2v) is 7.85. The van der Waals surface area contributed by atoms with Crippen molar-refractivity contribution in [1.82, 2.24) is 19.5 Å². The van der Waals surface area contributed by atoms with Gasteiger partial charge in [0, 0.05) is 43.5 Å². The number of hydrogen-bond acceptors (Lipinski definition) is 6. The number of amides is 1. The SMILES string of the molecule is CCCc1cc(=O)n2nc(N3CCCN(C(=O)c4ccccc4)CC3)sc2n1. The smallest absolute Gasteiger partial charge is 0.275 e. The number of aromatic nitrogens is 3. The molecule has 1 aliphatic rings. The monoisotopic (exact) mass is 397 g/mol. The van der Waals surface area contributed by atoms with Gasteiger partial charge in [0.15, 0.2) is 0 Å². The van der Waals surface area contributed by atoms with Gasteiger partial charge in [-0.1, -0.05) is 42.9 Å². The largest absolute Gasteiger partial charge is 0.345 e. The lowest BCUT2D eigenvalue weighted by molar-refractivity contribution is 0.0767. The Balaban J connectivity index is 1.52. The van der Waals surface area contributed by atoms with Gasteiger partial charge in [0.1, 0.15) is 0 Å². The van der Waals surface area contributed by atoms with E-state index in [-0.39, 0.29) is 11.5 Å². The molecule has 28 heavy (non-hydrogen) atoms. The second kappa shape index (κ2) is 8.10. The van der Waals surface area contributed by atoms with Gasteiger partial charge in [-0.2, -0.15) is 4.52 Å². The molecule has 0 aliphatic carbocycles. The minimum absolute atomic E-state index is 0.0637. The van der Waals surface area contributed by atoms with E-state index in [1.54, 1.807) is 6.07 Å². The highest BCUT2D eigenvalue weighted by Gasteiger charge is 2.22. The summed E-state index contributed by atoms with van der Waals surface area (Å²) in [6.45, 7) is 4.91. The van der Waals surface area contributed by atoms with Crippen LogP contribution in [-0.2, 0) is 6.42 Å². The molecular weight excluding hydrogens is 374 g/mol. The van der Waals surface area contributed by atoms with Gasteiger partial charge in [0.05, 0.1) is 0 Å². The number of rotatable bonds is 4. The number of benzene rings is 1. The van der Waals surface area contributed by atoms with E-state index in [1.807, 2.05) is 35.2 Å². The van der Waals surface area contributed by atoms with Crippen LogP contribution in [0.4, 0.5) is 5.13 Å². The summed E-state index contributed by atoms with van der Waals surface area (Å²) < 4.78 is 1.39. The van der Waals surface area contributed by atoms with Crippen molar-refractivity contribution in [2.75, 3.05) is 31.1 Å². The van der Waals surface area contributed by atoms with E-state index < -0.39 is 0 Å². The van der Waals surface area contributed by atoms with Crippen molar-refractivity contribution in [2.45, 2.75) is 26.2 Å². The molecule has 1 amide bonds. The van der Waals surface area contributed by atoms with Crippen LogP contribution in [0.15, 0.2) is 41.2 Å². The van der Waals surface area contributed by atoms with Crippen LogP contribution in [-0.4, -0.2) is 51.6 Å². The zero-order valence-corrected chi connectivity index (χ0v) is 16.7. The third-order valence-electron chi connectivity index (χ3n) is 4.87. The lowest BCUT2D eigenvalue weighted by Gasteiger charge is -2.21. The maximum atomic E-state index is 12.7. The van der Waals surface area contributed by atoms with Crippen molar-refractivity contribution in [2.24, 2.45) is 0 Å². The summed E-state index contributed by atoms with van der Waals surface area (Å²) in [5.41, 5.74) is 1.40. The molecule has 0 N–H and O–H groups in total. The van der Waals surface area contributed by atoms with E-state index in [1.165, 1.54) is 15.9 Å². The molecule has 3 aromatic rings. The van der Waals surface area contributed by atoms with Crippen molar-refractivity contribution in [3.8, 4) is 0 Å². The average molecular weight is 398 g/mol. The average Bonchev–Trinajstić information content (AvgIpc) is 2.98. The Labute approximate surface area is 167 Å². The van der Waals surface area contributed by atoms with Crippen molar-refractivity contribution in [1.29, 1.82) is 0 Å². The molecule has 1 fully saturated rings. The van der Waals surface area contributed by atoms with Crippen molar-refractivity contribution >= 4 is 27.3 Å². The maximum absolute atomic E-state index is 12.7. The Morgan fingerprint density at radius 3 is 2.75 bits per heavy atom. The lowest BCUT2D eigenvalue weighted by atomic mass is 10.2. The fourth-order valence-electron chi connectivity index (χ4n) is 3.43. The number of anilines is 1. The van der Waals surface area contributed by atoms with Crippen molar-refractivity contribution in [3.05, 3.63) is 58.0 Å². The Kier molecular flexibility index (Phi) is 5.38. The van der Waals surface area contributed by atoms with E-state index in [4.69, 9.17) is 0 Å². The normalized spacial score (nSPS) is 15.0. The first-order valence-electron chi connectivity index (χ1n) is 9.65. The first kappa shape index (κ1) is 18.6. The standard InChI is InChI=1S/C20H23N5O2S/c1-2-7-16-14-17(26)25-19(21-16)28-20(22-25)24-11-6-10-23(12-13-24)18(27)15-8-4-3-5-9-15/h3-5,8-9,14H,2,6-7,10-13H2,1H3. The van der Waals surface area contributed by atoms with E-state index in [0.29, 0.717) is 24.6 Å². The molecule has 0 bridgehead atoms. The molecule has 146 valence electrons. The van der Waals surface area contributed by atoms with Crippen LogP contribution >= 0.6 is 11.3 Å². The summed E-state index contributed by atoms with van der Waals surface area (Å²) in [5, 5.41) is 5.27. The molecule has 2 aromatic heterocycles. The molecule has 8 heteroatoms. The molecule has 0 spiro atoms. The highest BCUT2D eigenvalue weighted by molar-refractivity contribution is 7.20. The van der Waals surface area contributed by atoms with E-state index in [0.717, 1.165) is 42.2 Å². The predicted molar refractivity (Wildman–Crippen MR) is 110 cm³/mol. The van der Waals surface area contributed by atoms with E-state index >= 15 is 0 Å². The van der Waals surface area contributed by atoms with E-state index in [2.05, 4.69) is 21.9 Å². The van der Waals surface area contributed by atoms with Gasteiger partial charge in [-0.3, -0.25) is 9.59 Å². The number of nitrogens with zero attached hydrogens (tertiary/aromatic N) is 5. The third kappa shape index (κ3) is 3.77. The number of carbonyl (C=O) groups excluding carboxylic acids is 1. The predicted octanol–water partition coefficient (Wildman–Crippen LogP) is 2.46. The quantitative estimate of drug-likeness (QED) is 0.676. The zero-order valence-electron chi connectivity index (χ0n) is 15.9. The summed E-state index contributed by atoms with van der Waals surface area (Å²) in [5.74, 6) is 0.0637. The Hall–Kier alpha value is -2.74. The van der Waals surface area contributed by atoms with Gasteiger partial charge >= 0.3 is 0 Å². The minimum Gasteiger partial charge on any atom is -0.345 e. The highest BCUT2D eigenvalue weighted by atomic mass is 32.1. The Morgan fingerprint density at radius 2 is 1.96 bits per heavy atom. The van der Waals surface area contributed by atoms with Gasteiger partial charge in [-0.05, 0) is 25.0 Å². The topological polar surface area (TPSA) is 70.8 Å². The minimum atomic E-state index is -0.133. The number of aryl methyl sites for hydroxylation is 1. The first-order valence-corrected chi connectivity index (χ1v) is 10.5. The summed E-state index contributed by atoms with van der Waals surface area (Å²) in [6.07, 6.45) is 2.60. The van der Waals surface area contributed by atoms with Crippen LogP contribution in [0.3, 0.4) is 0 Å². The summed E-state index contributed by atoms with van der Waals surface area (Å²) in [4.78, 5) is 34.3. The van der Waals surface area contributed by atoms with Gasteiger partial charge in [-0.25, -0.2) is 4.98 Å². The number of hydrogen-bond donors (Lipinski definition) is 0. The third-order valence-corrected chi connectivity index (χ3v) is 5.84. The highest BCUT2D eigenvalue weighted by Crippen LogP contribution is 2.23. The molecule has 0 atom stereocenters. The Bertz CT molecular complexity index is 1030. The van der Waals surface area contributed by atoms with Gasteiger partial charge in [0.2, 0.25) is 10.1 Å².